The molecule has 1 N–H and O–H groups in total. The summed E-state index contributed by atoms with van der Waals surface area (Å²) in [5, 5.41) is 0. The number of para-hydroxylation sites is 1. The van der Waals surface area contributed by atoms with Gasteiger partial charge in [0.05, 0.1) is 10.6 Å². The van der Waals surface area contributed by atoms with Gasteiger partial charge in [-0.05, 0) is 49.1 Å². The van der Waals surface area contributed by atoms with Gasteiger partial charge >= 0.3 is 0 Å². The van der Waals surface area contributed by atoms with Gasteiger partial charge in [-0.25, -0.2) is 8.42 Å². The number of sulfonamides is 1. The summed E-state index contributed by atoms with van der Waals surface area (Å²) in [5.41, 5.74) is 1.30. The molecule has 0 unspecified atom stereocenters. The SMILES string of the molecule is CSc1ccccc1NS(=O)(=O)c1ccc(N2CCCC2=O)cc1. The molecule has 5 nitrogen and oxygen atoms in total. The van der Waals surface area contributed by atoms with Crippen LogP contribution in [0.5, 0.6) is 0 Å². The quantitative estimate of drug-likeness (QED) is 0.829. The normalized spacial score (nSPS) is 14.9. The topological polar surface area (TPSA) is 66.5 Å². The molecule has 1 aliphatic heterocycles. The van der Waals surface area contributed by atoms with Gasteiger partial charge in [0.25, 0.3) is 10.0 Å². The zero-order valence-electron chi connectivity index (χ0n) is 13.2. The van der Waals surface area contributed by atoms with Gasteiger partial charge in [0, 0.05) is 23.5 Å². The predicted molar refractivity (Wildman–Crippen MR) is 97.1 cm³/mol. The van der Waals surface area contributed by atoms with Crippen LogP contribution >= 0.6 is 11.8 Å². The predicted octanol–water partition coefficient (Wildman–Crippen LogP) is 3.34. The first-order valence-corrected chi connectivity index (χ1v) is 10.3. The third-order valence-corrected chi connectivity index (χ3v) is 6.06. The second kappa shape index (κ2) is 6.86. The maximum atomic E-state index is 12.6. The highest BCUT2D eigenvalue weighted by Crippen LogP contribution is 2.28. The van der Waals surface area contributed by atoms with Crippen molar-refractivity contribution in [2.24, 2.45) is 0 Å². The lowest BCUT2D eigenvalue weighted by Crippen LogP contribution is -2.23. The van der Waals surface area contributed by atoms with Gasteiger partial charge in [0.15, 0.2) is 0 Å². The van der Waals surface area contributed by atoms with E-state index in [2.05, 4.69) is 4.72 Å². The number of rotatable bonds is 5. The van der Waals surface area contributed by atoms with Gasteiger partial charge in [-0.2, -0.15) is 0 Å². The number of carbonyl (C=O) groups is 1. The van der Waals surface area contributed by atoms with Crippen molar-refractivity contribution < 1.29 is 13.2 Å². The molecule has 1 aliphatic rings. The Kier molecular flexibility index (Phi) is 4.82. The fraction of sp³-hybridized carbons (Fsp3) is 0.235. The van der Waals surface area contributed by atoms with E-state index in [1.165, 1.54) is 23.9 Å². The lowest BCUT2D eigenvalue weighted by atomic mass is 10.3. The van der Waals surface area contributed by atoms with Crippen LogP contribution in [0.4, 0.5) is 11.4 Å². The Morgan fingerprint density at radius 2 is 1.79 bits per heavy atom. The fourth-order valence-corrected chi connectivity index (χ4v) is 4.36. The summed E-state index contributed by atoms with van der Waals surface area (Å²) in [4.78, 5) is 14.5. The first-order valence-electron chi connectivity index (χ1n) is 7.57. The smallest absolute Gasteiger partial charge is 0.261 e. The average molecular weight is 362 g/mol. The molecule has 2 aromatic rings. The highest BCUT2D eigenvalue weighted by molar-refractivity contribution is 7.99. The van der Waals surface area contributed by atoms with Crippen LogP contribution in [0.15, 0.2) is 58.3 Å². The number of benzene rings is 2. The van der Waals surface area contributed by atoms with Crippen molar-refractivity contribution in [2.75, 3.05) is 22.4 Å². The summed E-state index contributed by atoms with van der Waals surface area (Å²) in [5.74, 6) is 0.0811. The fourth-order valence-electron chi connectivity index (χ4n) is 2.66. The molecule has 1 amide bonds. The van der Waals surface area contributed by atoms with E-state index in [1.807, 2.05) is 18.4 Å². The van der Waals surface area contributed by atoms with Crippen LogP contribution < -0.4 is 9.62 Å². The molecular weight excluding hydrogens is 344 g/mol. The summed E-state index contributed by atoms with van der Waals surface area (Å²) in [6.07, 6.45) is 3.29. The Hall–Kier alpha value is -1.99. The molecule has 0 bridgehead atoms. The van der Waals surface area contributed by atoms with Crippen molar-refractivity contribution in [3.05, 3.63) is 48.5 Å². The lowest BCUT2D eigenvalue weighted by molar-refractivity contribution is -0.117. The van der Waals surface area contributed by atoms with Crippen LogP contribution in [0.25, 0.3) is 0 Å². The van der Waals surface area contributed by atoms with Gasteiger partial charge in [-0.1, -0.05) is 12.1 Å². The number of amides is 1. The number of nitrogens with one attached hydrogen (secondary N) is 1. The van der Waals surface area contributed by atoms with E-state index in [0.29, 0.717) is 18.7 Å². The monoisotopic (exact) mass is 362 g/mol. The third kappa shape index (κ3) is 3.42. The van der Waals surface area contributed by atoms with E-state index in [1.54, 1.807) is 29.2 Å². The minimum absolute atomic E-state index is 0.0811. The van der Waals surface area contributed by atoms with E-state index < -0.39 is 10.0 Å². The zero-order valence-corrected chi connectivity index (χ0v) is 14.9. The first-order chi connectivity index (χ1) is 11.5. The molecule has 0 aromatic heterocycles. The van der Waals surface area contributed by atoms with E-state index in [4.69, 9.17) is 0 Å². The molecule has 126 valence electrons. The summed E-state index contributed by atoms with van der Waals surface area (Å²) in [7, 11) is -3.67. The third-order valence-electron chi connectivity index (χ3n) is 3.88. The van der Waals surface area contributed by atoms with Crippen LogP contribution in [0.3, 0.4) is 0 Å². The van der Waals surface area contributed by atoms with Gasteiger partial charge in [-0.3, -0.25) is 9.52 Å². The molecular formula is C17H18N2O3S2. The Morgan fingerprint density at radius 1 is 1.08 bits per heavy atom. The highest BCUT2D eigenvalue weighted by atomic mass is 32.2. The largest absolute Gasteiger partial charge is 0.312 e. The van der Waals surface area contributed by atoms with Crippen molar-refractivity contribution in [1.82, 2.24) is 0 Å². The second-order valence-electron chi connectivity index (χ2n) is 5.45. The van der Waals surface area contributed by atoms with Crippen LogP contribution in [0, 0.1) is 0 Å². The molecule has 0 aliphatic carbocycles. The highest BCUT2D eigenvalue weighted by Gasteiger charge is 2.22. The van der Waals surface area contributed by atoms with Gasteiger partial charge in [0.1, 0.15) is 0 Å². The van der Waals surface area contributed by atoms with E-state index >= 15 is 0 Å². The standard InChI is InChI=1S/C17H18N2O3S2/c1-23-16-6-3-2-5-15(16)18-24(21,22)14-10-8-13(9-11-14)19-12-4-7-17(19)20/h2-3,5-6,8-11,18H,4,7,12H2,1H3. The summed E-state index contributed by atoms with van der Waals surface area (Å²) < 4.78 is 27.8. The maximum absolute atomic E-state index is 12.6. The Bertz CT molecular complexity index is 848. The molecule has 0 saturated carbocycles. The molecule has 2 aromatic carbocycles. The number of thioether (sulfide) groups is 1. The minimum atomic E-state index is -3.67. The first kappa shape index (κ1) is 16.9. The Balaban J connectivity index is 1.83. The molecule has 1 heterocycles. The average Bonchev–Trinajstić information content (AvgIpc) is 3.01. The second-order valence-corrected chi connectivity index (χ2v) is 7.98. The van der Waals surface area contributed by atoms with Crippen molar-refractivity contribution >= 4 is 39.1 Å². The molecule has 1 fully saturated rings. The molecule has 0 atom stereocenters. The van der Waals surface area contributed by atoms with Crippen molar-refractivity contribution in [3.63, 3.8) is 0 Å². The molecule has 7 heteroatoms. The van der Waals surface area contributed by atoms with Crippen LogP contribution in [0.1, 0.15) is 12.8 Å². The summed E-state index contributed by atoms with van der Waals surface area (Å²) >= 11 is 1.48. The summed E-state index contributed by atoms with van der Waals surface area (Å²) in [6.45, 7) is 0.685. The van der Waals surface area contributed by atoms with Gasteiger partial charge in [0.2, 0.25) is 5.91 Å². The lowest BCUT2D eigenvalue weighted by Gasteiger charge is -2.16. The molecule has 0 spiro atoms. The van der Waals surface area contributed by atoms with Gasteiger partial charge in [-0.15, -0.1) is 11.8 Å². The number of anilines is 2. The van der Waals surface area contributed by atoms with E-state index in [0.717, 1.165) is 17.0 Å². The van der Waals surface area contributed by atoms with E-state index in [9.17, 15) is 13.2 Å². The zero-order chi connectivity index (χ0) is 17.2. The van der Waals surface area contributed by atoms with Crippen molar-refractivity contribution in [3.8, 4) is 0 Å². The molecule has 24 heavy (non-hydrogen) atoms. The molecule has 3 rings (SSSR count). The van der Waals surface area contributed by atoms with Crippen molar-refractivity contribution in [1.29, 1.82) is 0 Å². The number of hydrogen-bond donors (Lipinski definition) is 1. The van der Waals surface area contributed by atoms with Crippen LogP contribution in [0.2, 0.25) is 0 Å². The Labute approximate surface area is 146 Å². The van der Waals surface area contributed by atoms with Gasteiger partial charge < -0.3 is 4.90 Å². The molecule has 1 saturated heterocycles. The molecule has 0 radical (unpaired) electrons. The van der Waals surface area contributed by atoms with Crippen LogP contribution in [-0.2, 0) is 14.8 Å². The van der Waals surface area contributed by atoms with Crippen molar-refractivity contribution in [2.45, 2.75) is 22.6 Å². The Morgan fingerprint density at radius 3 is 2.42 bits per heavy atom. The maximum Gasteiger partial charge on any atom is 0.261 e. The summed E-state index contributed by atoms with van der Waals surface area (Å²) in [6, 6.07) is 13.7. The number of hydrogen-bond acceptors (Lipinski definition) is 4. The number of nitrogens with zero attached hydrogens (tertiary/aromatic N) is 1. The van der Waals surface area contributed by atoms with Crippen LogP contribution in [-0.4, -0.2) is 27.1 Å². The number of carbonyl (C=O) groups excluding carboxylic acids is 1. The minimum Gasteiger partial charge on any atom is -0.312 e. The van der Waals surface area contributed by atoms with E-state index in [-0.39, 0.29) is 10.8 Å².